The van der Waals surface area contributed by atoms with Gasteiger partial charge in [0.2, 0.25) is 0 Å². The van der Waals surface area contributed by atoms with E-state index in [0.29, 0.717) is 6.61 Å². The van der Waals surface area contributed by atoms with Gasteiger partial charge in [-0.2, -0.15) is 0 Å². The third-order valence-corrected chi connectivity index (χ3v) is 5.53. The average molecular weight is 411 g/mol. The van der Waals surface area contributed by atoms with Crippen LogP contribution in [0.4, 0.5) is 4.39 Å². The van der Waals surface area contributed by atoms with E-state index in [4.69, 9.17) is 9.84 Å². The van der Waals surface area contributed by atoms with Crippen molar-refractivity contribution in [1.29, 1.82) is 0 Å². The molecule has 0 heterocycles. The Labute approximate surface area is 158 Å². The first-order valence-electron chi connectivity index (χ1n) is 10.1. The van der Waals surface area contributed by atoms with Crippen LogP contribution >= 0.6 is 15.9 Å². The van der Waals surface area contributed by atoms with Crippen molar-refractivity contribution in [3.05, 3.63) is 0 Å². The summed E-state index contributed by atoms with van der Waals surface area (Å²) in [7, 11) is 0. The molecule has 0 aromatic carbocycles. The summed E-state index contributed by atoms with van der Waals surface area (Å²) in [5, 5.41) is 9.05. The minimum absolute atomic E-state index is 0.0206. The van der Waals surface area contributed by atoms with Gasteiger partial charge in [-0.15, -0.1) is 0 Å². The molecule has 4 heteroatoms. The van der Waals surface area contributed by atoms with Crippen molar-refractivity contribution >= 4 is 15.9 Å². The zero-order chi connectivity index (χ0) is 17.9. The molecule has 24 heavy (non-hydrogen) atoms. The molecule has 0 aliphatic heterocycles. The SMILES string of the molecule is CCCCCCCCCCCCCCCCOCC(F)(CO)CBr. The van der Waals surface area contributed by atoms with Crippen molar-refractivity contribution in [1.82, 2.24) is 0 Å². The number of rotatable bonds is 19. The van der Waals surface area contributed by atoms with Gasteiger partial charge in [0.1, 0.15) is 0 Å². The summed E-state index contributed by atoms with van der Waals surface area (Å²) in [6, 6.07) is 0. The van der Waals surface area contributed by atoms with E-state index in [1.807, 2.05) is 0 Å². The largest absolute Gasteiger partial charge is 0.393 e. The van der Waals surface area contributed by atoms with Gasteiger partial charge in [0.05, 0.1) is 13.2 Å². The molecule has 0 rings (SSSR count). The Kier molecular flexibility index (Phi) is 18.4. The van der Waals surface area contributed by atoms with E-state index in [-0.39, 0.29) is 11.9 Å². The standard InChI is InChI=1S/C20H40BrFO2/c1-2-3-4-5-6-7-8-9-10-11-12-13-14-15-16-24-19-20(22,17-21)18-23/h23H,2-19H2,1H3. The molecule has 0 aliphatic rings. The second-order valence-electron chi connectivity index (χ2n) is 7.09. The van der Waals surface area contributed by atoms with Crippen LogP contribution in [0.2, 0.25) is 0 Å². The van der Waals surface area contributed by atoms with Crippen molar-refractivity contribution < 1.29 is 14.2 Å². The van der Waals surface area contributed by atoms with Crippen LogP contribution in [0.15, 0.2) is 0 Å². The highest BCUT2D eigenvalue weighted by Gasteiger charge is 2.27. The molecule has 1 unspecified atom stereocenters. The van der Waals surface area contributed by atoms with Gasteiger partial charge in [-0.05, 0) is 6.42 Å². The maximum absolute atomic E-state index is 13.7. The molecule has 1 atom stereocenters. The molecule has 1 N–H and O–H groups in total. The number of halogens is 2. The van der Waals surface area contributed by atoms with Gasteiger partial charge in [-0.25, -0.2) is 4.39 Å². The summed E-state index contributed by atoms with van der Waals surface area (Å²) >= 11 is 3.06. The van der Waals surface area contributed by atoms with Crippen LogP contribution in [-0.4, -0.2) is 35.9 Å². The summed E-state index contributed by atoms with van der Waals surface area (Å²) < 4.78 is 19.0. The van der Waals surface area contributed by atoms with Gasteiger partial charge in [0.25, 0.3) is 0 Å². The Morgan fingerprint density at radius 1 is 0.792 bits per heavy atom. The molecular weight excluding hydrogens is 371 g/mol. The third kappa shape index (κ3) is 15.8. The number of aliphatic hydroxyl groups excluding tert-OH is 1. The van der Waals surface area contributed by atoms with Crippen LogP contribution in [0.1, 0.15) is 96.8 Å². The van der Waals surface area contributed by atoms with E-state index in [1.54, 1.807) is 0 Å². The first kappa shape index (κ1) is 24.3. The fraction of sp³-hybridized carbons (Fsp3) is 1.00. The predicted octanol–water partition coefficient (Wildman–Crippen LogP) is 6.58. The quantitative estimate of drug-likeness (QED) is 0.192. The van der Waals surface area contributed by atoms with Gasteiger partial charge in [0, 0.05) is 11.9 Å². The molecule has 0 saturated heterocycles. The van der Waals surface area contributed by atoms with E-state index in [2.05, 4.69) is 22.9 Å². The highest BCUT2D eigenvalue weighted by molar-refractivity contribution is 9.09. The normalized spacial score (nSPS) is 14.0. The average Bonchev–Trinajstić information content (AvgIpc) is 2.61. The Balaban J connectivity index is 3.13. The summed E-state index contributed by atoms with van der Waals surface area (Å²) in [5.74, 6) is 0. The number of hydrogen-bond donors (Lipinski definition) is 1. The molecule has 0 aromatic rings. The van der Waals surface area contributed by atoms with Gasteiger partial charge in [-0.1, -0.05) is 106 Å². The number of hydrogen-bond acceptors (Lipinski definition) is 2. The Morgan fingerprint density at radius 3 is 1.58 bits per heavy atom. The predicted molar refractivity (Wildman–Crippen MR) is 106 cm³/mol. The fourth-order valence-corrected chi connectivity index (χ4v) is 3.12. The molecule has 0 amide bonds. The molecule has 0 radical (unpaired) electrons. The van der Waals surface area contributed by atoms with Crippen molar-refractivity contribution in [2.75, 3.05) is 25.2 Å². The first-order valence-corrected chi connectivity index (χ1v) is 11.2. The van der Waals surface area contributed by atoms with E-state index in [9.17, 15) is 4.39 Å². The van der Waals surface area contributed by atoms with E-state index >= 15 is 0 Å². The van der Waals surface area contributed by atoms with Crippen molar-refractivity contribution in [2.24, 2.45) is 0 Å². The van der Waals surface area contributed by atoms with E-state index < -0.39 is 12.3 Å². The highest BCUT2D eigenvalue weighted by Crippen LogP contribution is 2.15. The second-order valence-corrected chi connectivity index (χ2v) is 7.65. The van der Waals surface area contributed by atoms with Crippen molar-refractivity contribution in [2.45, 2.75) is 102 Å². The summed E-state index contributed by atoms with van der Waals surface area (Å²) in [6.07, 6.45) is 18.6. The Hall–Kier alpha value is 0.330. The maximum Gasteiger partial charge on any atom is 0.166 e. The van der Waals surface area contributed by atoms with Gasteiger partial charge >= 0.3 is 0 Å². The minimum Gasteiger partial charge on any atom is -0.393 e. The minimum atomic E-state index is -1.63. The maximum atomic E-state index is 13.7. The Morgan fingerprint density at radius 2 is 1.21 bits per heavy atom. The van der Waals surface area contributed by atoms with Crippen LogP contribution in [0.3, 0.4) is 0 Å². The zero-order valence-electron chi connectivity index (χ0n) is 15.8. The second kappa shape index (κ2) is 18.1. The van der Waals surface area contributed by atoms with Crippen molar-refractivity contribution in [3.8, 4) is 0 Å². The molecule has 146 valence electrons. The number of ether oxygens (including phenoxy) is 1. The number of unbranched alkanes of at least 4 members (excludes halogenated alkanes) is 13. The van der Waals surface area contributed by atoms with Crippen LogP contribution < -0.4 is 0 Å². The molecule has 0 bridgehead atoms. The molecular formula is C20H40BrFO2. The molecule has 0 aliphatic carbocycles. The zero-order valence-corrected chi connectivity index (χ0v) is 17.4. The fourth-order valence-electron chi connectivity index (χ4n) is 2.78. The first-order chi connectivity index (χ1) is 11.7. The summed E-state index contributed by atoms with van der Waals surface area (Å²) in [4.78, 5) is 0. The van der Waals surface area contributed by atoms with Gasteiger partial charge in [0.15, 0.2) is 5.67 Å². The lowest BCUT2D eigenvalue weighted by molar-refractivity contribution is -0.00570. The smallest absolute Gasteiger partial charge is 0.166 e. The van der Waals surface area contributed by atoms with E-state index in [1.165, 1.54) is 77.0 Å². The third-order valence-electron chi connectivity index (χ3n) is 4.53. The summed E-state index contributed by atoms with van der Waals surface area (Å²) in [5.41, 5.74) is -1.63. The van der Waals surface area contributed by atoms with Crippen molar-refractivity contribution in [3.63, 3.8) is 0 Å². The highest BCUT2D eigenvalue weighted by atomic mass is 79.9. The van der Waals surface area contributed by atoms with Crippen LogP contribution in [-0.2, 0) is 4.74 Å². The van der Waals surface area contributed by atoms with Gasteiger partial charge < -0.3 is 9.84 Å². The lowest BCUT2D eigenvalue weighted by atomic mass is 10.0. The Bertz CT molecular complexity index is 248. The number of alkyl halides is 2. The topological polar surface area (TPSA) is 29.5 Å². The van der Waals surface area contributed by atoms with E-state index in [0.717, 1.165) is 12.8 Å². The lowest BCUT2D eigenvalue weighted by Gasteiger charge is -2.19. The van der Waals surface area contributed by atoms with Crippen LogP contribution in [0.5, 0.6) is 0 Å². The number of aliphatic hydroxyl groups is 1. The molecule has 0 aromatic heterocycles. The van der Waals surface area contributed by atoms with Crippen LogP contribution in [0, 0.1) is 0 Å². The molecule has 0 spiro atoms. The molecule has 0 saturated carbocycles. The monoisotopic (exact) mass is 410 g/mol. The van der Waals surface area contributed by atoms with Gasteiger partial charge in [-0.3, -0.25) is 0 Å². The molecule has 0 fully saturated rings. The summed E-state index contributed by atoms with van der Waals surface area (Å²) in [6.45, 7) is 2.35. The molecule has 2 nitrogen and oxygen atoms in total. The van der Waals surface area contributed by atoms with Crippen LogP contribution in [0.25, 0.3) is 0 Å². The lowest BCUT2D eigenvalue weighted by Crippen LogP contribution is -2.35.